The number of fused-ring (bicyclic) bond motifs is 2. The quantitative estimate of drug-likeness (QED) is 0.757. The predicted octanol–water partition coefficient (Wildman–Crippen LogP) is 5.15. The van der Waals surface area contributed by atoms with Gasteiger partial charge in [0.2, 0.25) is 0 Å². The number of hydrogen-bond acceptors (Lipinski definition) is 2. The normalized spacial score (nSPS) is 20.3. The minimum Gasteiger partial charge on any atom is -0.365 e. The summed E-state index contributed by atoms with van der Waals surface area (Å²) in [5.74, 6) is 0. The van der Waals surface area contributed by atoms with E-state index in [4.69, 9.17) is 4.74 Å². The Balaban J connectivity index is 1.34. The van der Waals surface area contributed by atoms with Gasteiger partial charge in [-0.15, -0.1) is 0 Å². The molecule has 1 atom stereocenters. The van der Waals surface area contributed by atoms with Crippen LogP contribution in [0.1, 0.15) is 54.0 Å². The minimum atomic E-state index is -0.0130. The van der Waals surface area contributed by atoms with E-state index in [1.54, 1.807) is 0 Å². The van der Waals surface area contributed by atoms with Crippen LogP contribution < -0.4 is 0 Å². The van der Waals surface area contributed by atoms with Crippen molar-refractivity contribution in [3.63, 3.8) is 0 Å². The van der Waals surface area contributed by atoms with Crippen LogP contribution in [0.4, 0.5) is 0 Å². The number of rotatable bonds is 4. The van der Waals surface area contributed by atoms with Gasteiger partial charge in [0, 0.05) is 19.1 Å². The molecule has 0 aliphatic carbocycles. The van der Waals surface area contributed by atoms with Crippen LogP contribution in [0.25, 0.3) is 0 Å². The highest BCUT2D eigenvalue weighted by atomic mass is 16.5. The van der Waals surface area contributed by atoms with Gasteiger partial charge in [-0.1, -0.05) is 42.5 Å². The lowest BCUT2D eigenvalue weighted by Crippen LogP contribution is -2.46. The third kappa shape index (κ3) is 3.33. The molecule has 26 heavy (non-hydrogen) atoms. The third-order valence-corrected chi connectivity index (χ3v) is 6.66. The van der Waals surface area contributed by atoms with Crippen molar-refractivity contribution >= 4 is 0 Å². The third-order valence-electron chi connectivity index (χ3n) is 6.66. The van der Waals surface area contributed by atoms with Crippen molar-refractivity contribution in [1.29, 1.82) is 0 Å². The Labute approximate surface area is 158 Å². The SMILES string of the molecule is Cc1ccc(CCC(C)N2CCC3(CC2)OCc2ccccc23)cc1C. The summed E-state index contributed by atoms with van der Waals surface area (Å²) in [7, 11) is 0. The van der Waals surface area contributed by atoms with Gasteiger partial charge < -0.3 is 9.64 Å². The van der Waals surface area contributed by atoms with E-state index in [1.807, 2.05) is 0 Å². The summed E-state index contributed by atoms with van der Waals surface area (Å²) in [6.07, 6.45) is 4.65. The van der Waals surface area contributed by atoms with Crippen molar-refractivity contribution in [3.8, 4) is 0 Å². The van der Waals surface area contributed by atoms with Gasteiger partial charge in [-0.25, -0.2) is 0 Å². The summed E-state index contributed by atoms with van der Waals surface area (Å²) in [5, 5.41) is 0. The first-order valence-corrected chi connectivity index (χ1v) is 10.1. The van der Waals surface area contributed by atoms with Crippen LogP contribution >= 0.6 is 0 Å². The van der Waals surface area contributed by atoms with Crippen LogP contribution in [0.3, 0.4) is 0 Å². The maximum absolute atomic E-state index is 6.31. The van der Waals surface area contributed by atoms with E-state index in [-0.39, 0.29) is 5.60 Å². The number of nitrogens with zero attached hydrogens (tertiary/aromatic N) is 1. The first-order chi connectivity index (χ1) is 12.6. The fourth-order valence-corrected chi connectivity index (χ4v) is 4.64. The highest BCUT2D eigenvalue weighted by Gasteiger charge is 2.42. The van der Waals surface area contributed by atoms with Crippen molar-refractivity contribution in [2.75, 3.05) is 13.1 Å². The number of benzene rings is 2. The smallest absolute Gasteiger partial charge is 0.0963 e. The fourth-order valence-electron chi connectivity index (χ4n) is 4.64. The molecule has 0 aromatic heterocycles. The molecule has 1 spiro atoms. The highest BCUT2D eigenvalue weighted by Crippen LogP contribution is 2.44. The number of hydrogen-bond donors (Lipinski definition) is 0. The summed E-state index contributed by atoms with van der Waals surface area (Å²) in [6.45, 7) is 9.87. The maximum Gasteiger partial charge on any atom is 0.0963 e. The Hall–Kier alpha value is -1.64. The van der Waals surface area contributed by atoms with Crippen molar-refractivity contribution < 1.29 is 4.74 Å². The molecular formula is C24H31NO. The minimum absolute atomic E-state index is 0.0130. The highest BCUT2D eigenvalue weighted by molar-refractivity contribution is 5.36. The average molecular weight is 350 g/mol. The molecule has 2 heterocycles. The molecular weight excluding hydrogens is 318 g/mol. The first kappa shape index (κ1) is 17.8. The zero-order valence-electron chi connectivity index (χ0n) is 16.4. The van der Waals surface area contributed by atoms with Gasteiger partial charge in [-0.05, 0) is 74.3 Å². The van der Waals surface area contributed by atoms with E-state index in [0.29, 0.717) is 6.04 Å². The number of aryl methyl sites for hydroxylation is 3. The maximum atomic E-state index is 6.31. The van der Waals surface area contributed by atoms with Gasteiger partial charge in [0.15, 0.2) is 0 Å². The van der Waals surface area contributed by atoms with Gasteiger partial charge in [0.25, 0.3) is 0 Å². The standard InChI is InChI=1S/C24H31NO/c1-18-8-10-21(16-19(18)2)11-9-20(3)25-14-12-24(13-15-25)23-7-5-4-6-22(23)17-26-24/h4-8,10,16,20H,9,11-15,17H2,1-3H3. The van der Waals surface area contributed by atoms with E-state index in [2.05, 4.69) is 68.1 Å². The summed E-state index contributed by atoms with van der Waals surface area (Å²) in [5.41, 5.74) is 7.10. The molecule has 2 aromatic rings. The Kier molecular flexibility index (Phi) is 4.90. The zero-order chi connectivity index (χ0) is 18.1. The molecule has 138 valence electrons. The van der Waals surface area contributed by atoms with Gasteiger partial charge in [-0.2, -0.15) is 0 Å². The van der Waals surface area contributed by atoms with Crippen LogP contribution in [0.2, 0.25) is 0 Å². The van der Waals surface area contributed by atoms with Crippen LogP contribution in [0.15, 0.2) is 42.5 Å². The summed E-state index contributed by atoms with van der Waals surface area (Å²) in [6, 6.07) is 16.3. The lowest BCUT2D eigenvalue weighted by Gasteiger charge is -2.41. The summed E-state index contributed by atoms with van der Waals surface area (Å²) < 4.78 is 6.31. The van der Waals surface area contributed by atoms with Crippen LogP contribution in [0, 0.1) is 13.8 Å². The average Bonchev–Trinajstić information content (AvgIpc) is 3.02. The van der Waals surface area contributed by atoms with Crippen molar-refractivity contribution in [3.05, 3.63) is 70.3 Å². The number of ether oxygens (including phenoxy) is 1. The number of likely N-dealkylation sites (tertiary alicyclic amines) is 1. The Morgan fingerprint density at radius 3 is 2.58 bits per heavy atom. The Bertz CT molecular complexity index is 774. The topological polar surface area (TPSA) is 12.5 Å². The second kappa shape index (κ2) is 7.17. The van der Waals surface area contributed by atoms with E-state index >= 15 is 0 Å². The molecule has 0 bridgehead atoms. The second-order valence-corrected chi connectivity index (χ2v) is 8.28. The Morgan fingerprint density at radius 2 is 1.81 bits per heavy atom. The van der Waals surface area contributed by atoms with Crippen LogP contribution in [-0.2, 0) is 23.4 Å². The molecule has 0 saturated carbocycles. The van der Waals surface area contributed by atoms with Crippen LogP contribution in [-0.4, -0.2) is 24.0 Å². The van der Waals surface area contributed by atoms with Crippen molar-refractivity contribution in [2.24, 2.45) is 0 Å². The van der Waals surface area contributed by atoms with E-state index in [9.17, 15) is 0 Å². The van der Waals surface area contributed by atoms with Gasteiger partial charge in [0.1, 0.15) is 0 Å². The van der Waals surface area contributed by atoms with Gasteiger partial charge in [-0.3, -0.25) is 0 Å². The van der Waals surface area contributed by atoms with E-state index in [1.165, 1.54) is 40.7 Å². The zero-order valence-corrected chi connectivity index (χ0v) is 16.4. The lowest BCUT2D eigenvalue weighted by molar-refractivity contribution is -0.0837. The van der Waals surface area contributed by atoms with Crippen LogP contribution in [0.5, 0.6) is 0 Å². The molecule has 2 heteroatoms. The van der Waals surface area contributed by atoms with Crippen molar-refractivity contribution in [2.45, 2.75) is 64.7 Å². The molecule has 2 aliphatic heterocycles. The molecule has 1 unspecified atom stereocenters. The summed E-state index contributed by atoms with van der Waals surface area (Å²) >= 11 is 0. The second-order valence-electron chi connectivity index (χ2n) is 8.28. The molecule has 0 N–H and O–H groups in total. The molecule has 1 saturated heterocycles. The van der Waals surface area contributed by atoms with E-state index in [0.717, 1.165) is 32.5 Å². The number of piperidine rings is 1. The molecule has 4 rings (SSSR count). The van der Waals surface area contributed by atoms with Gasteiger partial charge in [0.05, 0.1) is 12.2 Å². The predicted molar refractivity (Wildman–Crippen MR) is 107 cm³/mol. The van der Waals surface area contributed by atoms with Gasteiger partial charge >= 0.3 is 0 Å². The first-order valence-electron chi connectivity index (χ1n) is 10.1. The molecule has 0 amide bonds. The Morgan fingerprint density at radius 1 is 1.04 bits per heavy atom. The fraction of sp³-hybridized carbons (Fsp3) is 0.500. The molecule has 2 nitrogen and oxygen atoms in total. The molecule has 2 aliphatic rings. The van der Waals surface area contributed by atoms with Crippen molar-refractivity contribution in [1.82, 2.24) is 4.90 Å². The summed E-state index contributed by atoms with van der Waals surface area (Å²) in [4.78, 5) is 2.66. The molecule has 0 radical (unpaired) electrons. The molecule has 2 aromatic carbocycles. The lowest BCUT2D eigenvalue weighted by atomic mass is 9.83. The molecule has 1 fully saturated rings. The van der Waals surface area contributed by atoms with E-state index < -0.39 is 0 Å². The largest absolute Gasteiger partial charge is 0.365 e. The monoisotopic (exact) mass is 349 g/mol.